The molecule has 1 aromatic heterocycles. The van der Waals surface area contributed by atoms with Crippen LogP contribution in [0.3, 0.4) is 0 Å². The fourth-order valence-corrected chi connectivity index (χ4v) is 4.75. The van der Waals surface area contributed by atoms with Crippen LogP contribution in [0.1, 0.15) is 58.0 Å². The molecular weight excluding hydrogens is 314 g/mol. The lowest BCUT2D eigenvalue weighted by Crippen LogP contribution is -2.49. The molecule has 1 aliphatic heterocycles. The van der Waals surface area contributed by atoms with E-state index in [9.17, 15) is 13.5 Å². The summed E-state index contributed by atoms with van der Waals surface area (Å²) in [6.45, 7) is 6.03. The number of hydrogen-bond acceptors (Lipinski definition) is 6. The molecule has 0 unspecified atom stereocenters. The highest BCUT2D eigenvalue weighted by molar-refractivity contribution is 7.91. The highest BCUT2D eigenvalue weighted by Crippen LogP contribution is 2.38. The first-order chi connectivity index (χ1) is 10.7. The molecule has 0 aromatic carbocycles. The van der Waals surface area contributed by atoms with E-state index >= 15 is 0 Å². The Morgan fingerprint density at radius 3 is 2.43 bits per heavy atom. The summed E-state index contributed by atoms with van der Waals surface area (Å²) in [6, 6.07) is 0. The number of hydrogen-bond donors (Lipinski definition) is 2. The van der Waals surface area contributed by atoms with Gasteiger partial charge in [-0.3, -0.25) is 0 Å². The summed E-state index contributed by atoms with van der Waals surface area (Å²) in [6.07, 6.45) is 3.93. The van der Waals surface area contributed by atoms with E-state index in [1.165, 1.54) is 0 Å². The van der Waals surface area contributed by atoms with E-state index in [1.54, 1.807) is 0 Å². The molecule has 2 heterocycles. The fraction of sp³-hybridized carbons (Fsp3) is 0.750. The zero-order valence-corrected chi connectivity index (χ0v) is 14.8. The zero-order chi connectivity index (χ0) is 16.9. The van der Waals surface area contributed by atoms with Crippen molar-refractivity contribution in [3.8, 4) is 0 Å². The molecule has 1 aliphatic carbocycles. The number of sulfone groups is 1. The van der Waals surface area contributed by atoms with Gasteiger partial charge in [0, 0.05) is 5.41 Å². The van der Waals surface area contributed by atoms with Crippen molar-refractivity contribution in [2.75, 3.05) is 17.7 Å². The van der Waals surface area contributed by atoms with Crippen molar-refractivity contribution in [1.82, 2.24) is 9.97 Å². The van der Waals surface area contributed by atoms with Gasteiger partial charge in [0.25, 0.3) is 0 Å². The van der Waals surface area contributed by atoms with Gasteiger partial charge in [0.1, 0.15) is 16.5 Å². The molecule has 128 valence electrons. The van der Waals surface area contributed by atoms with Gasteiger partial charge in [0.15, 0.2) is 9.84 Å². The van der Waals surface area contributed by atoms with Gasteiger partial charge in [-0.05, 0) is 32.1 Å². The topological polar surface area (TPSA) is 92.2 Å². The third kappa shape index (κ3) is 2.96. The van der Waals surface area contributed by atoms with Crippen molar-refractivity contribution in [1.29, 1.82) is 0 Å². The maximum absolute atomic E-state index is 12.6. The fourth-order valence-electron chi connectivity index (χ4n) is 3.12. The molecular formula is C16H25N3O3S. The highest BCUT2D eigenvalue weighted by atomic mass is 32.2. The van der Waals surface area contributed by atoms with Crippen molar-refractivity contribution in [2.45, 2.75) is 68.7 Å². The van der Waals surface area contributed by atoms with Crippen LogP contribution in [-0.4, -0.2) is 41.4 Å². The number of aryl methyl sites for hydroxylation is 1. The standard InChI is InChI=1S/C16H25N3O3S/c1-15(2,3)14-17-11-6-4-9-23(21,22)12(11)13(18-14)19-16(10-20)7-5-8-16/h20H,4-10H2,1-3H3,(H,17,18,19). The Hall–Kier alpha value is -1.21. The molecule has 0 atom stereocenters. The lowest BCUT2D eigenvalue weighted by atomic mass is 9.77. The Morgan fingerprint density at radius 1 is 1.22 bits per heavy atom. The van der Waals surface area contributed by atoms with Crippen LogP contribution in [0.2, 0.25) is 0 Å². The van der Waals surface area contributed by atoms with Gasteiger partial charge in [-0.15, -0.1) is 0 Å². The average Bonchev–Trinajstić information content (AvgIpc) is 2.40. The zero-order valence-electron chi connectivity index (χ0n) is 14.0. The first-order valence-electron chi connectivity index (χ1n) is 8.20. The minimum Gasteiger partial charge on any atom is -0.394 e. The molecule has 6 nitrogen and oxygen atoms in total. The molecule has 0 amide bonds. The molecule has 1 fully saturated rings. The van der Waals surface area contributed by atoms with E-state index < -0.39 is 15.4 Å². The lowest BCUT2D eigenvalue weighted by molar-refractivity contribution is 0.143. The van der Waals surface area contributed by atoms with Gasteiger partial charge in [-0.1, -0.05) is 20.8 Å². The summed E-state index contributed by atoms with van der Waals surface area (Å²) in [5.74, 6) is 1.16. The summed E-state index contributed by atoms with van der Waals surface area (Å²) in [5, 5.41) is 13.0. The Labute approximate surface area is 137 Å². The average molecular weight is 339 g/mol. The Balaban J connectivity index is 2.15. The quantitative estimate of drug-likeness (QED) is 0.873. The third-order valence-electron chi connectivity index (χ3n) is 4.74. The second-order valence-corrected chi connectivity index (χ2v) is 9.81. The maximum atomic E-state index is 12.6. The molecule has 2 N–H and O–H groups in total. The molecule has 0 spiro atoms. The SMILES string of the molecule is CC(C)(C)c1nc2c(c(NC3(CO)CCC3)n1)S(=O)(=O)CCC2. The first kappa shape index (κ1) is 16.6. The molecule has 1 saturated carbocycles. The van der Waals surface area contributed by atoms with Gasteiger partial charge in [-0.2, -0.15) is 0 Å². The number of anilines is 1. The molecule has 0 radical (unpaired) electrons. The lowest BCUT2D eigenvalue weighted by Gasteiger charge is -2.42. The van der Waals surface area contributed by atoms with Crippen molar-refractivity contribution < 1.29 is 13.5 Å². The molecule has 23 heavy (non-hydrogen) atoms. The van der Waals surface area contributed by atoms with Crippen LogP contribution >= 0.6 is 0 Å². The predicted molar refractivity (Wildman–Crippen MR) is 88.4 cm³/mol. The van der Waals surface area contributed by atoms with Crippen molar-refractivity contribution >= 4 is 15.7 Å². The second-order valence-electron chi connectivity index (χ2n) is 7.76. The van der Waals surface area contributed by atoms with Crippen molar-refractivity contribution in [2.24, 2.45) is 0 Å². The monoisotopic (exact) mass is 339 g/mol. The molecule has 0 bridgehead atoms. The number of fused-ring (bicyclic) bond motifs is 1. The Morgan fingerprint density at radius 2 is 1.91 bits per heavy atom. The molecule has 0 saturated heterocycles. The van der Waals surface area contributed by atoms with Gasteiger partial charge in [-0.25, -0.2) is 18.4 Å². The van der Waals surface area contributed by atoms with Crippen LogP contribution in [0.5, 0.6) is 0 Å². The number of rotatable bonds is 3. The van der Waals surface area contributed by atoms with E-state index in [1.807, 2.05) is 20.8 Å². The van der Waals surface area contributed by atoms with E-state index in [0.29, 0.717) is 30.2 Å². The van der Waals surface area contributed by atoms with E-state index in [-0.39, 0.29) is 22.7 Å². The number of nitrogens with one attached hydrogen (secondary N) is 1. The second kappa shape index (κ2) is 5.41. The maximum Gasteiger partial charge on any atom is 0.183 e. The number of aliphatic hydroxyl groups excluding tert-OH is 1. The highest BCUT2D eigenvalue weighted by Gasteiger charge is 2.40. The van der Waals surface area contributed by atoms with Crippen LogP contribution < -0.4 is 5.32 Å². The Kier molecular flexibility index (Phi) is 3.92. The summed E-state index contributed by atoms with van der Waals surface area (Å²) >= 11 is 0. The summed E-state index contributed by atoms with van der Waals surface area (Å²) in [5.41, 5.74) is -0.0887. The Bertz CT molecular complexity index is 713. The van der Waals surface area contributed by atoms with Gasteiger partial charge < -0.3 is 10.4 Å². The molecule has 7 heteroatoms. The summed E-state index contributed by atoms with van der Waals surface area (Å²) in [7, 11) is -3.37. The van der Waals surface area contributed by atoms with Gasteiger partial charge >= 0.3 is 0 Å². The molecule has 1 aromatic rings. The van der Waals surface area contributed by atoms with Crippen LogP contribution in [0.4, 0.5) is 5.82 Å². The largest absolute Gasteiger partial charge is 0.394 e. The van der Waals surface area contributed by atoms with E-state index in [2.05, 4.69) is 15.3 Å². The van der Waals surface area contributed by atoms with Crippen molar-refractivity contribution in [3.63, 3.8) is 0 Å². The van der Waals surface area contributed by atoms with Crippen molar-refractivity contribution in [3.05, 3.63) is 11.5 Å². The summed E-state index contributed by atoms with van der Waals surface area (Å²) < 4.78 is 25.1. The van der Waals surface area contributed by atoms with Crippen LogP contribution in [0.25, 0.3) is 0 Å². The van der Waals surface area contributed by atoms with E-state index in [0.717, 1.165) is 19.3 Å². The van der Waals surface area contributed by atoms with Crippen LogP contribution in [0.15, 0.2) is 4.90 Å². The number of nitrogens with zero attached hydrogens (tertiary/aromatic N) is 2. The predicted octanol–water partition coefficient (Wildman–Crippen LogP) is 1.82. The van der Waals surface area contributed by atoms with Crippen LogP contribution in [0, 0.1) is 0 Å². The minimum absolute atomic E-state index is 0.0172. The third-order valence-corrected chi connectivity index (χ3v) is 6.62. The van der Waals surface area contributed by atoms with E-state index in [4.69, 9.17) is 0 Å². The van der Waals surface area contributed by atoms with Gasteiger partial charge in [0.05, 0.1) is 23.6 Å². The molecule has 2 aliphatic rings. The molecule has 3 rings (SSSR count). The van der Waals surface area contributed by atoms with Crippen LogP contribution in [-0.2, 0) is 21.7 Å². The number of aliphatic hydroxyl groups is 1. The summed E-state index contributed by atoms with van der Waals surface area (Å²) in [4.78, 5) is 9.35. The smallest absolute Gasteiger partial charge is 0.183 e. The van der Waals surface area contributed by atoms with Gasteiger partial charge in [0.2, 0.25) is 0 Å². The number of aromatic nitrogens is 2. The normalized spacial score (nSPS) is 22.1. The minimum atomic E-state index is -3.37. The first-order valence-corrected chi connectivity index (χ1v) is 9.85.